The predicted molar refractivity (Wildman–Crippen MR) is 121 cm³/mol. The number of nitrogens with one attached hydrogen (secondary N) is 2. The number of amides is 2. The van der Waals surface area contributed by atoms with Gasteiger partial charge in [-0.15, -0.1) is 0 Å². The van der Waals surface area contributed by atoms with E-state index in [2.05, 4.69) is 20.7 Å². The molecule has 0 spiro atoms. The molecule has 0 bridgehead atoms. The first-order chi connectivity index (χ1) is 16.2. The second-order valence-electron chi connectivity index (χ2n) is 6.88. The molecule has 0 fully saturated rings. The van der Waals surface area contributed by atoms with Crippen LogP contribution in [-0.2, 0) is 11.3 Å². The Bertz CT molecular complexity index is 1220. The van der Waals surface area contributed by atoms with Gasteiger partial charge in [0.15, 0.2) is 0 Å². The van der Waals surface area contributed by atoms with Crippen molar-refractivity contribution in [1.29, 1.82) is 0 Å². The van der Waals surface area contributed by atoms with Crippen LogP contribution in [0, 0.1) is 0 Å². The van der Waals surface area contributed by atoms with Gasteiger partial charge in [0.25, 0.3) is 11.8 Å². The highest BCUT2D eigenvalue weighted by Crippen LogP contribution is 2.18. The van der Waals surface area contributed by atoms with Gasteiger partial charge in [-0.3, -0.25) is 9.59 Å². The Balaban J connectivity index is 1.44. The van der Waals surface area contributed by atoms with Crippen LogP contribution >= 0.6 is 0 Å². The van der Waals surface area contributed by atoms with Gasteiger partial charge >= 0.3 is 0 Å². The Morgan fingerprint density at radius 3 is 2.70 bits per heavy atom. The molecule has 33 heavy (non-hydrogen) atoms. The summed E-state index contributed by atoms with van der Waals surface area (Å²) in [5.41, 5.74) is 0.979. The molecule has 0 aliphatic heterocycles. The lowest BCUT2D eigenvalue weighted by Crippen LogP contribution is -2.30. The lowest BCUT2D eigenvalue weighted by molar-refractivity contribution is -0.113. The summed E-state index contributed by atoms with van der Waals surface area (Å²) in [6, 6.07) is 19.0. The third-order valence-electron chi connectivity index (χ3n) is 4.51. The zero-order chi connectivity index (χ0) is 22.9. The van der Waals surface area contributed by atoms with Gasteiger partial charge in [-0.25, -0.2) is 9.67 Å². The van der Waals surface area contributed by atoms with E-state index in [0.717, 1.165) is 0 Å². The zero-order valence-electron chi connectivity index (χ0n) is 17.5. The highest BCUT2D eigenvalue weighted by molar-refractivity contribution is 6.10. The highest BCUT2D eigenvalue weighted by atomic mass is 16.5. The van der Waals surface area contributed by atoms with Gasteiger partial charge in [-0.05, 0) is 36.4 Å². The summed E-state index contributed by atoms with van der Waals surface area (Å²) < 4.78 is 12.7. The summed E-state index contributed by atoms with van der Waals surface area (Å²) in [6.45, 7) is 0.926. The Labute approximate surface area is 189 Å². The number of aromatic nitrogens is 3. The molecular weight excluding hydrogens is 422 g/mol. The summed E-state index contributed by atoms with van der Waals surface area (Å²) in [7, 11) is 0. The van der Waals surface area contributed by atoms with E-state index in [1.54, 1.807) is 71.7 Å². The minimum atomic E-state index is -0.504. The first kappa shape index (κ1) is 21.6. The number of nitrogens with zero attached hydrogens (tertiary/aromatic N) is 3. The number of ether oxygens (including phenoxy) is 1. The Morgan fingerprint density at radius 1 is 1.06 bits per heavy atom. The van der Waals surface area contributed by atoms with Crippen molar-refractivity contribution >= 4 is 23.6 Å². The number of rotatable bonds is 9. The van der Waals surface area contributed by atoms with Gasteiger partial charge in [-0.1, -0.05) is 24.3 Å². The Hall–Kier alpha value is -4.66. The van der Waals surface area contributed by atoms with Gasteiger partial charge in [0.1, 0.15) is 36.5 Å². The molecule has 166 valence electrons. The van der Waals surface area contributed by atoms with E-state index in [9.17, 15) is 9.59 Å². The molecule has 4 rings (SSSR count). The molecule has 2 aromatic heterocycles. The van der Waals surface area contributed by atoms with Crippen molar-refractivity contribution < 1.29 is 18.7 Å². The summed E-state index contributed by atoms with van der Waals surface area (Å²) in [5.74, 6) is 0.0979. The van der Waals surface area contributed by atoms with E-state index in [0.29, 0.717) is 35.9 Å². The molecule has 0 aliphatic carbocycles. The normalized spacial score (nSPS) is 11.1. The van der Waals surface area contributed by atoms with Crippen LogP contribution in [0.2, 0.25) is 0 Å². The average Bonchev–Trinajstić information content (AvgIpc) is 3.54. The number of benzene rings is 2. The Kier molecular flexibility index (Phi) is 6.92. The fourth-order valence-corrected chi connectivity index (χ4v) is 2.93. The number of carbonyl (C=O) groups excluding carboxylic acids is 2. The quantitative estimate of drug-likeness (QED) is 0.384. The summed E-state index contributed by atoms with van der Waals surface area (Å²) in [4.78, 5) is 29.5. The van der Waals surface area contributed by atoms with Crippen molar-refractivity contribution in [3.8, 4) is 5.75 Å². The minimum absolute atomic E-state index is 0.0382. The van der Waals surface area contributed by atoms with Crippen LogP contribution in [0.25, 0.3) is 6.08 Å². The lowest BCUT2D eigenvalue weighted by atomic mass is 10.2. The molecule has 2 N–H and O–H groups in total. The van der Waals surface area contributed by atoms with Crippen molar-refractivity contribution in [1.82, 2.24) is 20.1 Å². The third kappa shape index (κ3) is 6.17. The van der Waals surface area contributed by atoms with Crippen molar-refractivity contribution in [2.75, 3.05) is 11.9 Å². The van der Waals surface area contributed by atoms with Crippen LogP contribution in [-0.4, -0.2) is 33.2 Å². The van der Waals surface area contributed by atoms with Gasteiger partial charge in [0, 0.05) is 23.4 Å². The fourth-order valence-electron chi connectivity index (χ4n) is 2.93. The molecule has 2 heterocycles. The molecule has 2 amide bonds. The second-order valence-corrected chi connectivity index (χ2v) is 6.88. The summed E-state index contributed by atoms with van der Waals surface area (Å²) >= 11 is 0. The van der Waals surface area contributed by atoms with Crippen molar-refractivity contribution in [3.05, 3.63) is 103 Å². The number of hydrogen-bond acceptors (Lipinski definition) is 6. The first-order valence-corrected chi connectivity index (χ1v) is 10.2. The summed E-state index contributed by atoms with van der Waals surface area (Å²) in [6.07, 6.45) is 6.02. The van der Waals surface area contributed by atoms with Crippen molar-refractivity contribution in [2.24, 2.45) is 0 Å². The van der Waals surface area contributed by atoms with Gasteiger partial charge in [0.05, 0.1) is 12.8 Å². The number of furan rings is 1. The number of hydrogen-bond donors (Lipinski definition) is 2. The molecule has 9 heteroatoms. The zero-order valence-corrected chi connectivity index (χ0v) is 17.5. The number of carbonyl (C=O) groups is 2. The number of anilines is 1. The maximum absolute atomic E-state index is 13.0. The van der Waals surface area contributed by atoms with E-state index >= 15 is 0 Å². The molecule has 0 atom stereocenters. The maximum Gasteiger partial charge on any atom is 0.272 e. The molecule has 2 aromatic carbocycles. The lowest BCUT2D eigenvalue weighted by Gasteiger charge is -2.12. The van der Waals surface area contributed by atoms with E-state index in [-0.39, 0.29) is 5.70 Å². The predicted octanol–water partition coefficient (Wildman–Crippen LogP) is 3.36. The van der Waals surface area contributed by atoms with Gasteiger partial charge < -0.3 is 19.8 Å². The van der Waals surface area contributed by atoms with Crippen molar-refractivity contribution in [3.63, 3.8) is 0 Å². The van der Waals surface area contributed by atoms with Crippen LogP contribution in [0.4, 0.5) is 5.69 Å². The smallest absolute Gasteiger partial charge is 0.272 e. The van der Waals surface area contributed by atoms with Crippen LogP contribution in [0.5, 0.6) is 5.75 Å². The topological polar surface area (TPSA) is 111 Å². The molecule has 0 aliphatic rings. The van der Waals surface area contributed by atoms with E-state index in [1.165, 1.54) is 18.7 Å². The SMILES string of the molecule is O=C(Nc1cccc(OCCn2cncn2)c1)C(=Cc1ccco1)NC(=O)c1ccccc1. The molecule has 4 aromatic rings. The van der Waals surface area contributed by atoms with Crippen LogP contribution in [0.15, 0.2) is 95.8 Å². The Morgan fingerprint density at radius 2 is 1.94 bits per heavy atom. The van der Waals surface area contributed by atoms with Crippen molar-refractivity contribution in [2.45, 2.75) is 6.54 Å². The van der Waals surface area contributed by atoms with Crippen LogP contribution in [0.3, 0.4) is 0 Å². The highest BCUT2D eigenvalue weighted by Gasteiger charge is 2.16. The van der Waals surface area contributed by atoms with Crippen LogP contribution in [0.1, 0.15) is 16.1 Å². The van der Waals surface area contributed by atoms with E-state index < -0.39 is 11.8 Å². The molecule has 0 saturated carbocycles. The minimum Gasteiger partial charge on any atom is -0.492 e. The monoisotopic (exact) mass is 443 g/mol. The fraction of sp³-hybridized carbons (Fsp3) is 0.0833. The van der Waals surface area contributed by atoms with Gasteiger partial charge in [0.2, 0.25) is 0 Å². The standard InChI is InChI=1S/C24H21N5O4/c30-23(18-6-2-1-3-7-18)28-22(15-21-10-5-12-32-21)24(31)27-19-8-4-9-20(14-19)33-13-11-29-17-25-16-26-29/h1-10,12,14-17H,11,13H2,(H,27,31)(H,28,30). The molecular formula is C24H21N5O4. The van der Waals surface area contributed by atoms with Gasteiger partial charge in [-0.2, -0.15) is 5.10 Å². The largest absolute Gasteiger partial charge is 0.492 e. The molecule has 0 saturated heterocycles. The third-order valence-corrected chi connectivity index (χ3v) is 4.51. The van der Waals surface area contributed by atoms with E-state index in [4.69, 9.17) is 9.15 Å². The molecule has 0 unspecified atom stereocenters. The average molecular weight is 443 g/mol. The van der Waals surface area contributed by atoms with E-state index in [1.807, 2.05) is 6.07 Å². The van der Waals surface area contributed by atoms with Crippen LogP contribution < -0.4 is 15.4 Å². The maximum atomic E-state index is 13.0. The first-order valence-electron chi connectivity index (χ1n) is 10.2. The second kappa shape index (κ2) is 10.6. The molecule has 9 nitrogen and oxygen atoms in total. The molecule has 0 radical (unpaired) electrons. The summed E-state index contributed by atoms with van der Waals surface area (Å²) in [5, 5.41) is 9.46.